The van der Waals surface area contributed by atoms with Crippen molar-refractivity contribution >= 4 is 16.9 Å². The van der Waals surface area contributed by atoms with E-state index in [9.17, 15) is 4.79 Å². The van der Waals surface area contributed by atoms with Gasteiger partial charge in [0.05, 0.1) is 28.7 Å². The van der Waals surface area contributed by atoms with Crippen molar-refractivity contribution < 1.29 is 4.79 Å². The van der Waals surface area contributed by atoms with Crippen LogP contribution in [0.3, 0.4) is 0 Å². The number of nitrogens with zero attached hydrogens (tertiary/aromatic N) is 5. The standard InChI is InChI=1S/C30H30N6O/c1-16-11-21(16)19-5-3-6-20-26(19)24-13-25(35(2)28(20)37)27-34-22-8-7-17(12-23(22)36(24)27)18-14-32-29(33-15-18)30(31)9-4-10-30/h3,5-8,12,14-16,21,24-25H,4,9-11,13,31H2,1-2H3/t16-,21-,24+,25+/m0/s1. The Balaban J connectivity index is 1.28. The normalized spacial score (nSPS) is 27.0. The second-order valence-corrected chi connectivity index (χ2v) is 11.7. The van der Waals surface area contributed by atoms with Crippen molar-refractivity contribution in [1.82, 2.24) is 24.4 Å². The third-order valence-corrected chi connectivity index (χ3v) is 9.45. The molecule has 2 aliphatic carbocycles. The zero-order chi connectivity index (χ0) is 25.1. The van der Waals surface area contributed by atoms with Crippen LogP contribution in [0.1, 0.15) is 90.2 Å². The van der Waals surface area contributed by atoms with Gasteiger partial charge >= 0.3 is 0 Å². The molecule has 4 heterocycles. The molecule has 186 valence electrons. The topological polar surface area (TPSA) is 89.9 Å². The zero-order valence-electron chi connectivity index (χ0n) is 21.2. The van der Waals surface area contributed by atoms with Crippen LogP contribution < -0.4 is 5.73 Å². The Labute approximate surface area is 215 Å². The van der Waals surface area contributed by atoms with Crippen molar-refractivity contribution in [3.05, 3.63) is 77.1 Å². The maximum Gasteiger partial charge on any atom is 0.254 e. The van der Waals surface area contributed by atoms with Crippen molar-refractivity contribution in [2.45, 2.75) is 62.6 Å². The Bertz CT molecular complexity index is 1600. The van der Waals surface area contributed by atoms with E-state index in [1.165, 1.54) is 17.5 Å². The number of carbonyl (C=O) groups is 1. The van der Waals surface area contributed by atoms with Crippen LogP contribution in [0.15, 0.2) is 48.8 Å². The van der Waals surface area contributed by atoms with Crippen LogP contribution in [0.4, 0.5) is 0 Å². The van der Waals surface area contributed by atoms with Gasteiger partial charge in [-0.25, -0.2) is 15.0 Å². The lowest BCUT2D eigenvalue weighted by molar-refractivity contribution is 0.0734. The van der Waals surface area contributed by atoms with E-state index in [-0.39, 0.29) is 23.5 Å². The fraction of sp³-hybridized carbons (Fsp3) is 0.400. The lowest BCUT2D eigenvalue weighted by atomic mass is 9.77. The number of hydrogen-bond donors (Lipinski definition) is 1. The minimum atomic E-state index is -0.363. The van der Waals surface area contributed by atoms with Gasteiger partial charge in [-0.05, 0) is 72.4 Å². The molecule has 0 radical (unpaired) electrons. The molecule has 7 nitrogen and oxygen atoms in total. The van der Waals surface area contributed by atoms with Crippen molar-refractivity contribution in [2.24, 2.45) is 11.7 Å². The highest BCUT2D eigenvalue weighted by atomic mass is 16.2. The lowest BCUT2D eigenvalue weighted by Gasteiger charge is -2.36. The van der Waals surface area contributed by atoms with Gasteiger partial charge in [0.15, 0.2) is 0 Å². The number of imidazole rings is 1. The molecule has 2 N–H and O–H groups in total. The highest BCUT2D eigenvalue weighted by Crippen LogP contribution is 2.54. The molecule has 2 aromatic carbocycles. The molecule has 2 aromatic heterocycles. The summed E-state index contributed by atoms with van der Waals surface area (Å²) >= 11 is 0. The monoisotopic (exact) mass is 490 g/mol. The van der Waals surface area contributed by atoms with Gasteiger partial charge in [0.1, 0.15) is 11.6 Å². The van der Waals surface area contributed by atoms with E-state index >= 15 is 0 Å². The highest BCUT2D eigenvalue weighted by Gasteiger charge is 2.46. The van der Waals surface area contributed by atoms with Crippen LogP contribution in [0.2, 0.25) is 0 Å². The maximum atomic E-state index is 13.6. The molecule has 0 unspecified atom stereocenters. The maximum absolute atomic E-state index is 13.6. The highest BCUT2D eigenvalue weighted by molar-refractivity contribution is 5.97. The van der Waals surface area contributed by atoms with Crippen LogP contribution in [0.5, 0.6) is 0 Å². The molecule has 7 heteroatoms. The Morgan fingerprint density at radius 1 is 1.03 bits per heavy atom. The van der Waals surface area contributed by atoms with Crippen molar-refractivity contribution in [2.75, 3.05) is 7.05 Å². The van der Waals surface area contributed by atoms with Crippen LogP contribution in [-0.4, -0.2) is 37.4 Å². The third kappa shape index (κ3) is 2.92. The molecular formula is C30H30N6O. The Hall–Kier alpha value is -3.58. The first-order chi connectivity index (χ1) is 17.9. The van der Waals surface area contributed by atoms with Crippen molar-refractivity contribution in [1.29, 1.82) is 0 Å². The predicted octanol–water partition coefficient (Wildman–Crippen LogP) is 5.07. The molecule has 4 atom stereocenters. The molecule has 8 rings (SSSR count). The summed E-state index contributed by atoms with van der Waals surface area (Å²) in [7, 11) is 1.93. The van der Waals surface area contributed by atoms with Gasteiger partial charge in [-0.1, -0.05) is 25.1 Å². The second kappa shape index (κ2) is 7.25. The first-order valence-corrected chi connectivity index (χ1v) is 13.5. The molecule has 2 fully saturated rings. The average Bonchev–Trinajstić information content (AvgIpc) is 3.38. The first-order valence-electron chi connectivity index (χ1n) is 13.5. The van der Waals surface area contributed by atoms with Gasteiger partial charge in [-0.3, -0.25) is 4.79 Å². The summed E-state index contributed by atoms with van der Waals surface area (Å²) in [5.74, 6) is 3.04. The van der Waals surface area contributed by atoms with E-state index in [0.29, 0.717) is 11.8 Å². The minimum Gasteiger partial charge on any atom is -0.331 e. The van der Waals surface area contributed by atoms with Gasteiger partial charge in [0.2, 0.25) is 0 Å². The van der Waals surface area contributed by atoms with E-state index in [4.69, 9.17) is 10.7 Å². The summed E-state index contributed by atoms with van der Waals surface area (Å²) < 4.78 is 2.40. The quantitative estimate of drug-likeness (QED) is 0.433. The molecule has 37 heavy (non-hydrogen) atoms. The van der Waals surface area contributed by atoms with Crippen molar-refractivity contribution in [3.63, 3.8) is 0 Å². The van der Waals surface area contributed by atoms with Gasteiger partial charge in [0, 0.05) is 37.0 Å². The second-order valence-electron chi connectivity index (χ2n) is 11.7. The third-order valence-electron chi connectivity index (χ3n) is 9.45. The summed E-state index contributed by atoms with van der Waals surface area (Å²) in [5.41, 5.74) is 13.6. The van der Waals surface area contributed by atoms with E-state index in [0.717, 1.165) is 65.1 Å². The van der Waals surface area contributed by atoms with E-state index < -0.39 is 0 Å². The Kier molecular flexibility index (Phi) is 4.22. The number of amides is 1. The predicted molar refractivity (Wildman–Crippen MR) is 141 cm³/mol. The van der Waals surface area contributed by atoms with Gasteiger partial charge in [-0.15, -0.1) is 0 Å². The molecule has 0 saturated heterocycles. The average molecular weight is 491 g/mol. The Morgan fingerprint density at radius 3 is 2.51 bits per heavy atom. The van der Waals surface area contributed by atoms with Crippen LogP contribution in [0.25, 0.3) is 22.2 Å². The van der Waals surface area contributed by atoms with Crippen LogP contribution in [0, 0.1) is 5.92 Å². The Morgan fingerprint density at radius 2 is 1.81 bits per heavy atom. The van der Waals surface area contributed by atoms with E-state index in [2.05, 4.69) is 51.8 Å². The number of aromatic nitrogens is 4. The summed E-state index contributed by atoms with van der Waals surface area (Å²) in [6.45, 7) is 2.31. The van der Waals surface area contributed by atoms with Crippen LogP contribution in [-0.2, 0) is 5.54 Å². The summed E-state index contributed by atoms with van der Waals surface area (Å²) in [6, 6.07) is 12.8. The number of fused-ring (bicyclic) bond motifs is 9. The van der Waals surface area contributed by atoms with Gasteiger partial charge in [-0.2, -0.15) is 0 Å². The number of nitrogens with two attached hydrogens (primary N) is 1. The number of hydrogen-bond acceptors (Lipinski definition) is 5. The molecule has 0 spiro atoms. The molecule has 2 bridgehead atoms. The lowest BCUT2D eigenvalue weighted by Crippen LogP contribution is -2.44. The van der Waals surface area contributed by atoms with Gasteiger partial charge < -0.3 is 15.2 Å². The van der Waals surface area contributed by atoms with Crippen LogP contribution >= 0.6 is 0 Å². The van der Waals surface area contributed by atoms with E-state index in [1.54, 1.807) is 0 Å². The van der Waals surface area contributed by atoms with Crippen molar-refractivity contribution in [3.8, 4) is 11.1 Å². The first kappa shape index (κ1) is 21.5. The number of benzene rings is 2. The van der Waals surface area contributed by atoms with E-state index in [1.807, 2.05) is 30.4 Å². The molecule has 1 amide bonds. The summed E-state index contributed by atoms with van der Waals surface area (Å²) in [6.07, 6.45) is 8.89. The fourth-order valence-electron chi connectivity index (χ4n) is 6.92. The summed E-state index contributed by atoms with van der Waals surface area (Å²) in [4.78, 5) is 29.8. The molecule has 4 aromatic rings. The smallest absolute Gasteiger partial charge is 0.254 e. The minimum absolute atomic E-state index is 0.0314. The fourth-order valence-corrected chi connectivity index (χ4v) is 6.92. The van der Waals surface area contributed by atoms with Gasteiger partial charge in [0.25, 0.3) is 5.91 Å². The number of carbonyl (C=O) groups excluding carboxylic acids is 1. The number of rotatable bonds is 3. The molecule has 2 aliphatic heterocycles. The molecule has 2 saturated carbocycles. The molecule has 4 aliphatic rings. The SMILES string of the molecule is C[C@H]1C[C@@H]1c1cccc2c1[C@H]1C[C@H](c3nc4ccc(-c5cnc(C6(N)CCC6)nc5)cc4n31)N(C)C2=O. The molecular weight excluding hydrogens is 460 g/mol. The largest absolute Gasteiger partial charge is 0.331 e. The zero-order valence-corrected chi connectivity index (χ0v) is 21.2. The summed E-state index contributed by atoms with van der Waals surface area (Å²) in [5, 5.41) is 0.